The molecule has 2 aliphatic carbocycles. The first-order valence-corrected chi connectivity index (χ1v) is 7.66. The van der Waals surface area contributed by atoms with E-state index in [9.17, 15) is 9.59 Å². The Kier molecular flexibility index (Phi) is 4.12. The summed E-state index contributed by atoms with van der Waals surface area (Å²) in [6.45, 7) is 7.74. The largest absolute Gasteiger partial charge is 0.466 e. The van der Waals surface area contributed by atoms with E-state index in [4.69, 9.17) is 9.47 Å². The van der Waals surface area contributed by atoms with E-state index < -0.39 is 5.60 Å². The lowest BCUT2D eigenvalue weighted by atomic mass is 9.72. The Hall–Kier alpha value is -1.06. The van der Waals surface area contributed by atoms with Crippen molar-refractivity contribution in [3.63, 3.8) is 0 Å². The highest BCUT2D eigenvalue weighted by molar-refractivity contribution is 5.82. The van der Waals surface area contributed by atoms with Gasteiger partial charge in [-0.25, -0.2) is 0 Å². The molecule has 20 heavy (non-hydrogen) atoms. The van der Waals surface area contributed by atoms with Gasteiger partial charge in [-0.3, -0.25) is 9.59 Å². The number of hydrogen-bond donors (Lipinski definition) is 0. The van der Waals surface area contributed by atoms with Gasteiger partial charge in [-0.05, 0) is 65.2 Å². The molecule has 0 aromatic rings. The van der Waals surface area contributed by atoms with Crippen molar-refractivity contribution in [2.45, 2.75) is 65.4 Å². The van der Waals surface area contributed by atoms with Crippen LogP contribution in [-0.4, -0.2) is 24.1 Å². The van der Waals surface area contributed by atoms with Crippen LogP contribution in [0.25, 0.3) is 0 Å². The molecule has 4 nitrogen and oxygen atoms in total. The third-order valence-corrected chi connectivity index (χ3v) is 4.38. The highest BCUT2D eigenvalue weighted by Crippen LogP contribution is 2.59. The van der Waals surface area contributed by atoms with Gasteiger partial charge in [0.1, 0.15) is 5.60 Å². The molecule has 0 bridgehead atoms. The highest BCUT2D eigenvalue weighted by Gasteiger charge is 2.53. The topological polar surface area (TPSA) is 52.6 Å². The summed E-state index contributed by atoms with van der Waals surface area (Å²) >= 11 is 0. The van der Waals surface area contributed by atoms with Crippen LogP contribution in [0.4, 0.5) is 0 Å². The maximum Gasteiger partial charge on any atom is 0.310 e. The Bertz CT molecular complexity index is 390. The van der Waals surface area contributed by atoms with Crippen LogP contribution in [0.2, 0.25) is 0 Å². The molecular formula is C16H26O4. The van der Waals surface area contributed by atoms with Crippen molar-refractivity contribution < 1.29 is 19.1 Å². The second-order valence-corrected chi connectivity index (χ2v) is 7.24. The first-order chi connectivity index (χ1) is 9.26. The molecule has 0 N–H and O–H groups in total. The van der Waals surface area contributed by atoms with Crippen LogP contribution in [0.1, 0.15) is 59.8 Å². The lowest BCUT2D eigenvalue weighted by Gasteiger charge is -2.35. The average Bonchev–Trinajstić information content (AvgIpc) is 3.06. The number of carbonyl (C=O) groups is 2. The molecule has 2 rings (SSSR count). The monoisotopic (exact) mass is 282 g/mol. The molecule has 2 atom stereocenters. The molecule has 1 spiro atoms. The molecule has 2 saturated carbocycles. The second-order valence-electron chi connectivity index (χ2n) is 7.24. The minimum atomic E-state index is -0.509. The highest BCUT2D eigenvalue weighted by atomic mass is 16.6. The fourth-order valence-corrected chi connectivity index (χ4v) is 3.16. The quantitative estimate of drug-likeness (QED) is 0.746. The molecule has 0 heterocycles. The lowest BCUT2D eigenvalue weighted by Crippen LogP contribution is -2.40. The lowest BCUT2D eigenvalue weighted by molar-refractivity contribution is -0.171. The van der Waals surface area contributed by atoms with E-state index in [-0.39, 0.29) is 23.8 Å². The molecule has 0 radical (unpaired) electrons. The van der Waals surface area contributed by atoms with Crippen molar-refractivity contribution in [2.75, 3.05) is 6.61 Å². The number of rotatable bonds is 3. The Balaban J connectivity index is 2.09. The predicted octanol–water partition coefficient (Wildman–Crippen LogP) is 3.09. The van der Waals surface area contributed by atoms with Gasteiger partial charge >= 0.3 is 11.9 Å². The molecule has 2 fully saturated rings. The fourth-order valence-electron chi connectivity index (χ4n) is 3.16. The Labute approximate surface area is 121 Å². The molecule has 0 aromatic heterocycles. The summed E-state index contributed by atoms with van der Waals surface area (Å²) in [5.41, 5.74) is -0.199. The third kappa shape index (κ3) is 3.53. The zero-order valence-corrected chi connectivity index (χ0v) is 13.0. The van der Waals surface area contributed by atoms with E-state index in [1.54, 1.807) is 6.92 Å². The SMILES string of the molecule is CCOC(=O)[C@H]1CCC2(CC2)C[C@@H]1C(=O)OC(C)(C)C. The van der Waals surface area contributed by atoms with Crippen LogP contribution in [0.5, 0.6) is 0 Å². The average molecular weight is 282 g/mol. The summed E-state index contributed by atoms with van der Waals surface area (Å²) in [4.78, 5) is 24.5. The van der Waals surface area contributed by atoms with Crippen molar-refractivity contribution in [3.8, 4) is 0 Å². The van der Waals surface area contributed by atoms with Crippen molar-refractivity contribution in [1.82, 2.24) is 0 Å². The van der Waals surface area contributed by atoms with Crippen molar-refractivity contribution in [3.05, 3.63) is 0 Å². The van der Waals surface area contributed by atoms with Crippen LogP contribution in [0, 0.1) is 17.3 Å². The first-order valence-electron chi connectivity index (χ1n) is 7.66. The Morgan fingerprint density at radius 3 is 2.25 bits per heavy atom. The van der Waals surface area contributed by atoms with Gasteiger partial charge in [0.25, 0.3) is 0 Å². The van der Waals surface area contributed by atoms with Crippen LogP contribution in [0.3, 0.4) is 0 Å². The van der Waals surface area contributed by atoms with Gasteiger partial charge in [-0.15, -0.1) is 0 Å². The summed E-state index contributed by atoms with van der Waals surface area (Å²) in [6.07, 6.45) is 4.94. The molecule has 0 aromatic carbocycles. The number of carbonyl (C=O) groups excluding carboxylic acids is 2. The van der Waals surface area contributed by atoms with Crippen LogP contribution >= 0.6 is 0 Å². The molecule has 0 saturated heterocycles. The third-order valence-electron chi connectivity index (χ3n) is 4.38. The maximum absolute atomic E-state index is 12.4. The molecule has 4 heteroatoms. The zero-order valence-electron chi connectivity index (χ0n) is 13.0. The normalized spacial score (nSPS) is 28.0. The Morgan fingerprint density at radius 2 is 1.75 bits per heavy atom. The van der Waals surface area contributed by atoms with Gasteiger partial charge in [0.05, 0.1) is 18.4 Å². The number of esters is 2. The Morgan fingerprint density at radius 1 is 1.10 bits per heavy atom. The summed E-state index contributed by atoms with van der Waals surface area (Å²) in [7, 11) is 0. The first kappa shape index (κ1) is 15.3. The minimum absolute atomic E-state index is 0.235. The van der Waals surface area contributed by atoms with E-state index in [1.807, 2.05) is 20.8 Å². The molecular weight excluding hydrogens is 256 g/mol. The van der Waals surface area contributed by atoms with E-state index in [0.29, 0.717) is 12.0 Å². The smallest absolute Gasteiger partial charge is 0.310 e. The van der Waals surface area contributed by atoms with Crippen molar-refractivity contribution in [1.29, 1.82) is 0 Å². The summed E-state index contributed by atoms with van der Waals surface area (Å²) in [5.74, 6) is -1.12. The van der Waals surface area contributed by atoms with Crippen LogP contribution in [0.15, 0.2) is 0 Å². The van der Waals surface area contributed by atoms with Gasteiger partial charge < -0.3 is 9.47 Å². The standard InChI is InChI=1S/C16H26O4/c1-5-19-13(17)11-6-7-16(8-9-16)10-12(11)14(18)20-15(2,3)4/h11-12H,5-10H2,1-4H3/t11-,12-/m0/s1. The summed E-state index contributed by atoms with van der Waals surface area (Å²) in [6, 6.07) is 0. The van der Waals surface area contributed by atoms with Crippen LogP contribution in [-0.2, 0) is 19.1 Å². The fraction of sp³-hybridized carbons (Fsp3) is 0.875. The van der Waals surface area contributed by atoms with Crippen molar-refractivity contribution in [2.24, 2.45) is 17.3 Å². The van der Waals surface area contributed by atoms with Gasteiger partial charge in [0.15, 0.2) is 0 Å². The number of ether oxygens (including phenoxy) is 2. The van der Waals surface area contributed by atoms with Gasteiger partial charge in [0.2, 0.25) is 0 Å². The maximum atomic E-state index is 12.4. The molecule has 114 valence electrons. The molecule has 0 unspecified atom stereocenters. The van der Waals surface area contributed by atoms with E-state index >= 15 is 0 Å². The molecule has 2 aliphatic rings. The number of hydrogen-bond acceptors (Lipinski definition) is 4. The van der Waals surface area contributed by atoms with Gasteiger partial charge in [0, 0.05) is 0 Å². The molecule has 0 amide bonds. The van der Waals surface area contributed by atoms with Gasteiger partial charge in [-0.1, -0.05) is 0 Å². The summed E-state index contributed by atoms with van der Waals surface area (Å²) in [5, 5.41) is 0. The predicted molar refractivity (Wildman–Crippen MR) is 75.0 cm³/mol. The van der Waals surface area contributed by atoms with Crippen molar-refractivity contribution >= 4 is 11.9 Å². The molecule has 0 aliphatic heterocycles. The zero-order chi connectivity index (χ0) is 15.0. The van der Waals surface area contributed by atoms with Gasteiger partial charge in [-0.2, -0.15) is 0 Å². The van der Waals surface area contributed by atoms with E-state index in [1.165, 1.54) is 12.8 Å². The van der Waals surface area contributed by atoms with Crippen LogP contribution < -0.4 is 0 Å². The minimum Gasteiger partial charge on any atom is -0.466 e. The van der Waals surface area contributed by atoms with E-state index in [2.05, 4.69) is 0 Å². The summed E-state index contributed by atoms with van der Waals surface area (Å²) < 4.78 is 10.6. The van der Waals surface area contributed by atoms with E-state index in [0.717, 1.165) is 19.3 Å². The second kappa shape index (κ2) is 5.38.